The van der Waals surface area contributed by atoms with Crippen LogP contribution in [-0.4, -0.2) is 19.5 Å². The zero-order valence-electron chi connectivity index (χ0n) is 9.27. The van der Waals surface area contributed by atoms with Gasteiger partial charge >= 0.3 is 0 Å². The Hall–Kier alpha value is -0.510. The Bertz CT molecular complexity index is 283. The molecule has 1 aromatic carbocycles. The molecular weight excluding hydrogens is 208 g/mol. The van der Waals surface area contributed by atoms with Gasteiger partial charge in [0.1, 0.15) is 0 Å². The molecular formula is C12H18O2S. The minimum Gasteiger partial charge on any atom is -0.353 e. The summed E-state index contributed by atoms with van der Waals surface area (Å²) in [6, 6.07) is 8.01. The van der Waals surface area contributed by atoms with Gasteiger partial charge in [-0.3, -0.25) is 0 Å². The number of hydrogen-bond donors (Lipinski definition) is 1. The fourth-order valence-corrected chi connectivity index (χ4v) is 1.65. The van der Waals surface area contributed by atoms with Gasteiger partial charge in [-0.15, -0.1) is 12.6 Å². The Morgan fingerprint density at radius 3 is 2.27 bits per heavy atom. The van der Waals surface area contributed by atoms with E-state index >= 15 is 0 Å². The minimum absolute atomic E-state index is 0.159. The van der Waals surface area contributed by atoms with Crippen molar-refractivity contribution < 1.29 is 9.47 Å². The van der Waals surface area contributed by atoms with Crippen LogP contribution in [0.3, 0.4) is 0 Å². The van der Waals surface area contributed by atoms with Gasteiger partial charge < -0.3 is 9.47 Å². The molecule has 1 aromatic rings. The molecule has 0 aromatic heterocycles. The molecule has 84 valence electrons. The number of thiol groups is 1. The van der Waals surface area contributed by atoms with E-state index in [0.717, 1.165) is 16.9 Å². The van der Waals surface area contributed by atoms with Gasteiger partial charge in [-0.25, -0.2) is 0 Å². The summed E-state index contributed by atoms with van der Waals surface area (Å²) in [4.78, 5) is 0.988. The van der Waals surface area contributed by atoms with Crippen molar-refractivity contribution in [2.75, 3.05) is 13.2 Å². The molecule has 15 heavy (non-hydrogen) atoms. The highest BCUT2D eigenvalue weighted by Gasteiger charge is 2.10. The van der Waals surface area contributed by atoms with E-state index in [1.54, 1.807) is 0 Å². The Morgan fingerprint density at radius 1 is 1.13 bits per heavy atom. The standard InChI is InChI=1S/C12H18O2S/c1-3-13-12(14-4-2)9-10-7-5-6-8-11(10)15/h5-8,12,15H,3-4,9H2,1-2H3. The molecule has 0 N–H and O–H groups in total. The van der Waals surface area contributed by atoms with Crippen LogP contribution in [-0.2, 0) is 15.9 Å². The Balaban J connectivity index is 2.60. The van der Waals surface area contributed by atoms with Crippen LogP contribution in [0.5, 0.6) is 0 Å². The molecule has 0 aliphatic rings. The summed E-state index contributed by atoms with van der Waals surface area (Å²) >= 11 is 4.40. The SMILES string of the molecule is CCOC(Cc1ccccc1S)OCC. The van der Waals surface area contributed by atoms with Gasteiger partial charge in [-0.2, -0.15) is 0 Å². The third-order valence-electron chi connectivity index (χ3n) is 2.08. The first-order chi connectivity index (χ1) is 7.27. The summed E-state index contributed by atoms with van der Waals surface area (Å²) in [6.45, 7) is 5.27. The molecule has 0 unspecified atom stereocenters. The first-order valence-electron chi connectivity index (χ1n) is 5.28. The van der Waals surface area contributed by atoms with E-state index in [9.17, 15) is 0 Å². The average Bonchev–Trinajstić information content (AvgIpc) is 2.22. The van der Waals surface area contributed by atoms with E-state index in [0.29, 0.717) is 13.2 Å². The molecule has 0 heterocycles. The predicted molar refractivity (Wildman–Crippen MR) is 64.4 cm³/mol. The van der Waals surface area contributed by atoms with Gasteiger partial charge in [0.15, 0.2) is 6.29 Å². The van der Waals surface area contributed by atoms with Crippen molar-refractivity contribution in [3.05, 3.63) is 29.8 Å². The smallest absolute Gasteiger partial charge is 0.161 e. The van der Waals surface area contributed by atoms with Gasteiger partial charge in [-0.1, -0.05) is 18.2 Å². The molecule has 0 saturated heterocycles. The van der Waals surface area contributed by atoms with Crippen LogP contribution in [0, 0.1) is 0 Å². The first kappa shape index (κ1) is 12.6. The van der Waals surface area contributed by atoms with Gasteiger partial charge in [0.2, 0.25) is 0 Å². The molecule has 0 bridgehead atoms. The first-order valence-corrected chi connectivity index (χ1v) is 5.72. The highest BCUT2D eigenvalue weighted by Crippen LogP contribution is 2.16. The summed E-state index contributed by atoms with van der Waals surface area (Å²) < 4.78 is 11.0. The summed E-state index contributed by atoms with van der Waals surface area (Å²) in [7, 11) is 0. The highest BCUT2D eigenvalue weighted by atomic mass is 32.1. The highest BCUT2D eigenvalue weighted by molar-refractivity contribution is 7.80. The number of benzene rings is 1. The van der Waals surface area contributed by atoms with E-state index in [1.807, 2.05) is 38.1 Å². The zero-order valence-corrected chi connectivity index (χ0v) is 10.2. The summed E-state index contributed by atoms with van der Waals surface area (Å²) in [6.07, 6.45) is 0.592. The van der Waals surface area contributed by atoms with E-state index in [2.05, 4.69) is 12.6 Å². The second-order valence-electron chi connectivity index (χ2n) is 3.17. The largest absolute Gasteiger partial charge is 0.353 e. The Morgan fingerprint density at radius 2 is 1.73 bits per heavy atom. The summed E-state index contributed by atoms with van der Waals surface area (Å²) in [5.74, 6) is 0. The van der Waals surface area contributed by atoms with Gasteiger partial charge in [0.05, 0.1) is 0 Å². The number of ether oxygens (including phenoxy) is 2. The van der Waals surface area contributed by atoms with Crippen molar-refractivity contribution in [1.82, 2.24) is 0 Å². The second-order valence-corrected chi connectivity index (χ2v) is 3.65. The molecule has 0 aliphatic carbocycles. The van der Waals surface area contributed by atoms with Crippen molar-refractivity contribution in [2.45, 2.75) is 31.5 Å². The third-order valence-corrected chi connectivity index (χ3v) is 2.52. The average molecular weight is 226 g/mol. The lowest BCUT2D eigenvalue weighted by Gasteiger charge is -2.17. The Kier molecular flexibility index (Phi) is 5.76. The molecule has 0 amide bonds. The molecule has 0 spiro atoms. The maximum atomic E-state index is 5.49. The van der Waals surface area contributed by atoms with Crippen molar-refractivity contribution in [3.8, 4) is 0 Å². The topological polar surface area (TPSA) is 18.5 Å². The molecule has 1 rings (SSSR count). The number of rotatable bonds is 6. The fraction of sp³-hybridized carbons (Fsp3) is 0.500. The molecule has 0 aliphatic heterocycles. The zero-order chi connectivity index (χ0) is 11.1. The van der Waals surface area contributed by atoms with Crippen LogP contribution in [0.1, 0.15) is 19.4 Å². The quantitative estimate of drug-likeness (QED) is 0.594. The lowest BCUT2D eigenvalue weighted by Crippen LogP contribution is -2.20. The van der Waals surface area contributed by atoms with E-state index in [-0.39, 0.29) is 6.29 Å². The van der Waals surface area contributed by atoms with E-state index in [1.165, 1.54) is 0 Å². The van der Waals surface area contributed by atoms with Crippen LogP contribution >= 0.6 is 12.6 Å². The maximum absolute atomic E-state index is 5.49. The van der Waals surface area contributed by atoms with Crippen LogP contribution in [0.25, 0.3) is 0 Å². The van der Waals surface area contributed by atoms with Gasteiger partial charge in [0, 0.05) is 24.5 Å². The molecule has 0 saturated carbocycles. The fourth-order valence-electron chi connectivity index (χ4n) is 1.40. The van der Waals surface area contributed by atoms with Crippen molar-refractivity contribution in [2.24, 2.45) is 0 Å². The summed E-state index contributed by atoms with van der Waals surface area (Å²) in [5, 5.41) is 0. The maximum Gasteiger partial charge on any atom is 0.161 e. The second kappa shape index (κ2) is 6.88. The lowest BCUT2D eigenvalue weighted by atomic mass is 10.1. The molecule has 3 heteroatoms. The number of hydrogen-bond acceptors (Lipinski definition) is 3. The summed E-state index contributed by atoms with van der Waals surface area (Å²) in [5.41, 5.74) is 1.16. The molecule has 0 fully saturated rings. The predicted octanol–water partition coefficient (Wildman–Crippen LogP) is 2.92. The van der Waals surface area contributed by atoms with Crippen molar-refractivity contribution >= 4 is 12.6 Å². The Labute approximate surface area is 97.0 Å². The van der Waals surface area contributed by atoms with Gasteiger partial charge in [-0.05, 0) is 25.5 Å². The molecule has 0 atom stereocenters. The van der Waals surface area contributed by atoms with Crippen LogP contribution in [0.15, 0.2) is 29.2 Å². The minimum atomic E-state index is -0.159. The normalized spacial score (nSPS) is 10.9. The monoisotopic (exact) mass is 226 g/mol. The molecule has 2 nitrogen and oxygen atoms in total. The van der Waals surface area contributed by atoms with E-state index < -0.39 is 0 Å². The van der Waals surface area contributed by atoms with Crippen molar-refractivity contribution in [3.63, 3.8) is 0 Å². The molecule has 0 radical (unpaired) electrons. The van der Waals surface area contributed by atoms with Crippen LogP contribution < -0.4 is 0 Å². The van der Waals surface area contributed by atoms with E-state index in [4.69, 9.17) is 9.47 Å². The van der Waals surface area contributed by atoms with Gasteiger partial charge in [0.25, 0.3) is 0 Å². The van der Waals surface area contributed by atoms with Crippen LogP contribution in [0.4, 0.5) is 0 Å². The van der Waals surface area contributed by atoms with Crippen LogP contribution in [0.2, 0.25) is 0 Å². The third kappa shape index (κ3) is 4.24. The lowest BCUT2D eigenvalue weighted by molar-refractivity contribution is -0.134. The van der Waals surface area contributed by atoms with Crippen molar-refractivity contribution in [1.29, 1.82) is 0 Å².